The van der Waals surface area contributed by atoms with Crippen LogP contribution in [-0.4, -0.2) is 49.8 Å². The molecule has 2 aliphatic heterocycles. The van der Waals surface area contributed by atoms with Crippen LogP contribution in [0.3, 0.4) is 0 Å². The smallest absolute Gasteiger partial charge is 0.323 e. The molecule has 0 saturated carbocycles. The first-order valence-corrected chi connectivity index (χ1v) is 9.03. The van der Waals surface area contributed by atoms with Gasteiger partial charge in [-0.05, 0) is 36.8 Å². The molecule has 0 fully saturated rings. The van der Waals surface area contributed by atoms with Crippen LogP contribution in [0.25, 0.3) is 0 Å². The van der Waals surface area contributed by atoms with Crippen LogP contribution < -0.4 is 20.1 Å². The van der Waals surface area contributed by atoms with Crippen molar-refractivity contribution in [2.75, 3.05) is 37.7 Å². The number of anilines is 2. The van der Waals surface area contributed by atoms with Crippen molar-refractivity contribution in [3.05, 3.63) is 47.5 Å². The van der Waals surface area contributed by atoms with Gasteiger partial charge in [0.15, 0.2) is 11.5 Å². The molecule has 2 N–H and O–H groups in total. The quantitative estimate of drug-likeness (QED) is 0.573. The molecule has 29 heavy (non-hydrogen) atoms. The summed E-state index contributed by atoms with van der Waals surface area (Å²) in [6.45, 7) is 0.892. The number of methoxy groups -OCH3 is 1. The molecule has 2 heterocycles. The van der Waals surface area contributed by atoms with E-state index in [-0.39, 0.29) is 30.7 Å². The van der Waals surface area contributed by atoms with Gasteiger partial charge in [-0.2, -0.15) is 0 Å². The summed E-state index contributed by atoms with van der Waals surface area (Å²) in [5.41, 5.74) is 1.54. The van der Waals surface area contributed by atoms with Crippen LogP contribution in [0.2, 0.25) is 0 Å². The molecule has 0 saturated heterocycles. The van der Waals surface area contributed by atoms with E-state index in [0.717, 1.165) is 0 Å². The molecule has 2 aliphatic rings. The number of hydrogen-bond acceptors (Lipinski definition) is 6. The highest BCUT2D eigenvalue weighted by atomic mass is 16.7. The Bertz CT molecular complexity index is 990. The number of fused-ring (bicyclic) bond motifs is 2. The van der Waals surface area contributed by atoms with E-state index in [1.54, 1.807) is 37.4 Å². The summed E-state index contributed by atoms with van der Waals surface area (Å²) in [6, 6.07) is 9.20. The number of imide groups is 1. The fraction of sp³-hybridized carbons (Fsp3) is 0.250. The number of rotatable bonds is 6. The van der Waals surface area contributed by atoms with Crippen molar-refractivity contribution in [2.24, 2.45) is 0 Å². The first-order chi connectivity index (χ1) is 14.1. The van der Waals surface area contributed by atoms with E-state index in [9.17, 15) is 14.4 Å². The maximum absolute atomic E-state index is 12.5. The summed E-state index contributed by atoms with van der Waals surface area (Å²) in [5.74, 6) is 0.462. The number of urea groups is 1. The van der Waals surface area contributed by atoms with Crippen molar-refractivity contribution >= 4 is 29.2 Å². The molecule has 2 aromatic rings. The van der Waals surface area contributed by atoms with E-state index in [1.807, 2.05) is 0 Å². The highest BCUT2D eigenvalue weighted by molar-refractivity contribution is 6.22. The summed E-state index contributed by atoms with van der Waals surface area (Å²) >= 11 is 0. The number of nitrogens with zero attached hydrogens (tertiary/aromatic N) is 1. The normalized spacial score (nSPS) is 14.2. The first kappa shape index (κ1) is 18.8. The van der Waals surface area contributed by atoms with Crippen molar-refractivity contribution in [3.63, 3.8) is 0 Å². The number of ether oxygens (including phenoxy) is 3. The minimum absolute atomic E-state index is 0.148. The summed E-state index contributed by atoms with van der Waals surface area (Å²) < 4.78 is 15.5. The van der Waals surface area contributed by atoms with Crippen LogP contribution in [0.15, 0.2) is 36.4 Å². The number of carbonyl (C=O) groups is 3. The Labute approximate surface area is 166 Å². The second-order valence-electron chi connectivity index (χ2n) is 6.52. The van der Waals surface area contributed by atoms with Gasteiger partial charge in [0.1, 0.15) is 0 Å². The monoisotopic (exact) mass is 397 g/mol. The number of benzene rings is 2. The predicted octanol–water partition coefficient (Wildman–Crippen LogP) is 2.69. The Morgan fingerprint density at radius 1 is 1.00 bits per heavy atom. The summed E-state index contributed by atoms with van der Waals surface area (Å²) in [6.07, 6.45) is 0.561. The van der Waals surface area contributed by atoms with Gasteiger partial charge in [0.05, 0.1) is 11.1 Å². The van der Waals surface area contributed by atoms with Gasteiger partial charge in [-0.1, -0.05) is 0 Å². The van der Waals surface area contributed by atoms with Crippen LogP contribution >= 0.6 is 0 Å². The maximum Gasteiger partial charge on any atom is 0.323 e. The van der Waals surface area contributed by atoms with Crippen LogP contribution in [0, 0.1) is 0 Å². The lowest BCUT2D eigenvalue weighted by Crippen LogP contribution is -2.31. The standard InChI is InChI=1S/C20H19N3O6/c1-27-8-2-7-23-18(24)14-5-3-12(9-15(14)19(23)25)21-20(26)22-13-4-6-16-17(10-13)29-11-28-16/h3-6,9-10H,2,7-8,11H2,1H3,(H2,21,22,26). The van der Waals surface area contributed by atoms with Gasteiger partial charge in [0.25, 0.3) is 11.8 Å². The maximum atomic E-state index is 12.5. The molecule has 0 atom stereocenters. The lowest BCUT2D eigenvalue weighted by atomic mass is 10.1. The highest BCUT2D eigenvalue weighted by Gasteiger charge is 2.35. The average molecular weight is 397 g/mol. The topological polar surface area (TPSA) is 106 Å². The van der Waals surface area contributed by atoms with Gasteiger partial charge in [-0.15, -0.1) is 0 Å². The third kappa shape index (κ3) is 3.72. The van der Waals surface area contributed by atoms with Gasteiger partial charge in [0, 0.05) is 37.7 Å². The molecule has 0 unspecified atom stereocenters. The summed E-state index contributed by atoms with van der Waals surface area (Å²) in [5, 5.41) is 5.36. The van der Waals surface area contributed by atoms with E-state index in [0.29, 0.717) is 41.5 Å². The molecule has 0 aliphatic carbocycles. The SMILES string of the molecule is COCCCN1C(=O)c2ccc(NC(=O)Nc3ccc4c(c3)OCO4)cc2C1=O. The van der Waals surface area contributed by atoms with E-state index >= 15 is 0 Å². The van der Waals surface area contributed by atoms with Gasteiger partial charge in [-0.3, -0.25) is 14.5 Å². The van der Waals surface area contributed by atoms with E-state index in [4.69, 9.17) is 14.2 Å². The highest BCUT2D eigenvalue weighted by Crippen LogP contribution is 2.34. The van der Waals surface area contributed by atoms with Gasteiger partial charge in [0.2, 0.25) is 6.79 Å². The number of amides is 4. The Morgan fingerprint density at radius 3 is 2.48 bits per heavy atom. The van der Waals surface area contributed by atoms with Crippen molar-refractivity contribution in [1.29, 1.82) is 0 Å². The molecule has 150 valence electrons. The third-order valence-corrected chi connectivity index (χ3v) is 4.59. The van der Waals surface area contributed by atoms with E-state index in [2.05, 4.69) is 10.6 Å². The minimum Gasteiger partial charge on any atom is -0.454 e. The Hall–Kier alpha value is -3.59. The van der Waals surface area contributed by atoms with Gasteiger partial charge < -0.3 is 24.8 Å². The van der Waals surface area contributed by atoms with Gasteiger partial charge >= 0.3 is 6.03 Å². The zero-order valence-electron chi connectivity index (χ0n) is 15.7. The fourth-order valence-corrected chi connectivity index (χ4v) is 3.21. The van der Waals surface area contributed by atoms with Crippen molar-refractivity contribution in [2.45, 2.75) is 6.42 Å². The van der Waals surface area contributed by atoms with Crippen LogP contribution in [-0.2, 0) is 4.74 Å². The number of hydrogen-bond donors (Lipinski definition) is 2. The predicted molar refractivity (Wildman–Crippen MR) is 104 cm³/mol. The van der Waals surface area contributed by atoms with E-state index < -0.39 is 6.03 Å². The minimum atomic E-state index is -0.488. The fourth-order valence-electron chi connectivity index (χ4n) is 3.21. The van der Waals surface area contributed by atoms with Crippen LogP contribution in [0.5, 0.6) is 11.5 Å². The van der Waals surface area contributed by atoms with Crippen LogP contribution in [0.1, 0.15) is 27.1 Å². The van der Waals surface area contributed by atoms with Crippen molar-refractivity contribution in [3.8, 4) is 11.5 Å². The Balaban J connectivity index is 1.43. The first-order valence-electron chi connectivity index (χ1n) is 9.03. The van der Waals surface area contributed by atoms with Crippen LogP contribution in [0.4, 0.5) is 16.2 Å². The molecule has 0 spiro atoms. The molecule has 9 heteroatoms. The van der Waals surface area contributed by atoms with Gasteiger partial charge in [-0.25, -0.2) is 4.79 Å². The molecule has 9 nitrogen and oxygen atoms in total. The Kier molecular flexibility index (Phi) is 5.05. The third-order valence-electron chi connectivity index (χ3n) is 4.59. The molecule has 0 aromatic heterocycles. The number of carbonyl (C=O) groups excluding carboxylic acids is 3. The molecule has 4 rings (SSSR count). The summed E-state index contributed by atoms with van der Waals surface area (Å²) in [4.78, 5) is 38.5. The summed E-state index contributed by atoms with van der Waals surface area (Å²) in [7, 11) is 1.56. The van der Waals surface area contributed by atoms with E-state index in [1.165, 1.54) is 11.0 Å². The zero-order valence-corrected chi connectivity index (χ0v) is 15.7. The molecule has 0 radical (unpaired) electrons. The molecular weight excluding hydrogens is 378 g/mol. The second-order valence-corrected chi connectivity index (χ2v) is 6.52. The van der Waals surface area contributed by atoms with Crippen molar-refractivity contribution < 1.29 is 28.6 Å². The Morgan fingerprint density at radius 2 is 1.69 bits per heavy atom. The largest absolute Gasteiger partial charge is 0.454 e. The lowest BCUT2D eigenvalue weighted by Gasteiger charge is -2.12. The molecule has 4 amide bonds. The zero-order chi connectivity index (χ0) is 20.4. The average Bonchev–Trinajstić information content (AvgIpc) is 3.26. The second kappa shape index (κ2) is 7.80. The molecule has 2 aromatic carbocycles. The van der Waals surface area contributed by atoms with Crippen molar-refractivity contribution in [1.82, 2.24) is 4.90 Å². The lowest BCUT2D eigenvalue weighted by molar-refractivity contribution is 0.0638. The molecule has 0 bridgehead atoms. The number of nitrogens with one attached hydrogen (secondary N) is 2. The molecular formula is C20H19N3O6.